The van der Waals surface area contributed by atoms with Gasteiger partial charge < -0.3 is 26.2 Å². The Balaban J connectivity index is 1.30. The summed E-state index contributed by atoms with van der Waals surface area (Å²) in [7, 11) is 0. The molecular weight excluding hydrogens is 392 g/mol. The third-order valence-electron chi connectivity index (χ3n) is 6.52. The number of aryl methyl sites for hydroxylation is 1. The van der Waals surface area contributed by atoms with Gasteiger partial charge in [0.15, 0.2) is 0 Å². The van der Waals surface area contributed by atoms with Gasteiger partial charge in [0.1, 0.15) is 29.7 Å². The Hall–Kier alpha value is -3.23. The van der Waals surface area contributed by atoms with Crippen molar-refractivity contribution in [2.75, 3.05) is 11.5 Å². The fraction of sp³-hybridized carbons (Fsp3) is 0.348. The van der Waals surface area contributed by atoms with Crippen molar-refractivity contribution >= 4 is 33.6 Å². The second-order valence-corrected chi connectivity index (χ2v) is 8.38. The van der Waals surface area contributed by atoms with E-state index in [0.29, 0.717) is 23.7 Å². The lowest BCUT2D eigenvalue weighted by Gasteiger charge is -2.19. The summed E-state index contributed by atoms with van der Waals surface area (Å²) in [6.45, 7) is 0. The Morgan fingerprint density at radius 1 is 1.03 bits per heavy atom. The van der Waals surface area contributed by atoms with Gasteiger partial charge in [0, 0.05) is 11.6 Å². The van der Waals surface area contributed by atoms with Crippen LogP contribution in [0.3, 0.4) is 0 Å². The summed E-state index contributed by atoms with van der Waals surface area (Å²) in [6, 6.07) is 11.6. The predicted molar refractivity (Wildman–Crippen MR) is 120 cm³/mol. The van der Waals surface area contributed by atoms with E-state index >= 15 is 0 Å². The Bertz CT molecular complexity index is 1240. The summed E-state index contributed by atoms with van der Waals surface area (Å²) >= 11 is 0. The topological polar surface area (TPSA) is 136 Å². The largest absolute Gasteiger partial charge is 0.390 e. The van der Waals surface area contributed by atoms with Crippen LogP contribution in [0.4, 0.5) is 11.6 Å². The van der Waals surface area contributed by atoms with Gasteiger partial charge in [-0.25, -0.2) is 15.0 Å². The lowest BCUT2D eigenvalue weighted by molar-refractivity contribution is 0.00511. The fourth-order valence-corrected chi connectivity index (χ4v) is 4.90. The maximum atomic E-state index is 10.7. The van der Waals surface area contributed by atoms with Crippen LogP contribution < -0.4 is 11.5 Å². The first-order valence-corrected chi connectivity index (χ1v) is 10.6. The molecule has 1 aliphatic rings. The number of fused-ring (bicyclic) bond motifs is 2. The van der Waals surface area contributed by atoms with Gasteiger partial charge >= 0.3 is 0 Å². The Kier molecular flexibility index (Phi) is 4.95. The SMILES string of the molecule is Nc1ccc2cccc(CCC[C@H]3C[C@@H](n4ccc5c(N)ncnc54)[C@H](O)[C@@H]3O)c2n1. The molecule has 3 aromatic heterocycles. The molecule has 6 N–H and O–H groups in total. The first kappa shape index (κ1) is 19.7. The number of anilines is 2. The molecule has 5 rings (SSSR count). The van der Waals surface area contributed by atoms with Gasteiger partial charge in [-0.1, -0.05) is 18.2 Å². The van der Waals surface area contributed by atoms with E-state index in [1.807, 2.05) is 41.1 Å². The highest BCUT2D eigenvalue weighted by atomic mass is 16.3. The molecule has 4 atom stereocenters. The van der Waals surface area contributed by atoms with Crippen LogP contribution in [-0.4, -0.2) is 41.9 Å². The number of nitrogen functional groups attached to an aromatic ring is 2. The average molecular weight is 419 g/mol. The van der Waals surface area contributed by atoms with Crippen LogP contribution in [0.2, 0.25) is 0 Å². The summed E-state index contributed by atoms with van der Waals surface area (Å²) in [4.78, 5) is 12.8. The van der Waals surface area contributed by atoms with Crippen molar-refractivity contribution in [3.8, 4) is 0 Å². The van der Waals surface area contributed by atoms with Crippen molar-refractivity contribution in [2.24, 2.45) is 5.92 Å². The van der Waals surface area contributed by atoms with Gasteiger partial charge in [-0.05, 0) is 55.4 Å². The number of aliphatic hydroxyl groups is 2. The Morgan fingerprint density at radius 2 is 1.90 bits per heavy atom. The molecule has 0 saturated heterocycles. The molecule has 0 radical (unpaired) electrons. The molecule has 8 heteroatoms. The molecule has 0 spiro atoms. The third kappa shape index (κ3) is 3.47. The highest BCUT2D eigenvalue weighted by Crippen LogP contribution is 2.40. The minimum absolute atomic E-state index is 0.00430. The summed E-state index contributed by atoms with van der Waals surface area (Å²) in [6.07, 6.45) is 4.88. The smallest absolute Gasteiger partial charge is 0.145 e. The summed E-state index contributed by atoms with van der Waals surface area (Å²) in [5.41, 5.74) is 14.6. The van der Waals surface area contributed by atoms with Gasteiger partial charge in [-0.3, -0.25) is 0 Å². The second kappa shape index (κ2) is 7.79. The number of aromatic nitrogens is 4. The van der Waals surface area contributed by atoms with Gasteiger partial charge in [-0.15, -0.1) is 0 Å². The number of aliphatic hydroxyl groups excluding tert-OH is 2. The number of benzene rings is 1. The van der Waals surface area contributed by atoms with Gasteiger partial charge in [0.05, 0.1) is 23.0 Å². The van der Waals surface area contributed by atoms with Crippen molar-refractivity contribution in [3.63, 3.8) is 0 Å². The lowest BCUT2D eigenvalue weighted by Crippen LogP contribution is -2.29. The van der Waals surface area contributed by atoms with E-state index in [1.165, 1.54) is 6.33 Å². The van der Waals surface area contributed by atoms with E-state index in [2.05, 4.69) is 21.0 Å². The average Bonchev–Trinajstić information content (AvgIpc) is 3.31. The van der Waals surface area contributed by atoms with E-state index in [1.54, 1.807) is 0 Å². The first-order chi connectivity index (χ1) is 15.0. The van der Waals surface area contributed by atoms with Crippen molar-refractivity contribution in [1.82, 2.24) is 19.5 Å². The zero-order valence-corrected chi connectivity index (χ0v) is 17.1. The molecule has 0 amide bonds. The van der Waals surface area contributed by atoms with Crippen LogP contribution in [0.1, 0.15) is 30.9 Å². The summed E-state index contributed by atoms with van der Waals surface area (Å²) in [5.74, 6) is 0.933. The monoisotopic (exact) mass is 418 g/mol. The lowest BCUT2D eigenvalue weighted by atomic mass is 9.95. The minimum atomic E-state index is -0.851. The van der Waals surface area contributed by atoms with Crippen LogP contribution in [-0.2, 0) is 6.42 Å². The maximum absolute atomic E-state index is 10.7. The van der Waals surface area contributed by atoms with E-state index < -0.39 is 12.2 Å². The van der Waals surface area contributed by atoms with E-state index in [-0.39, 0.29) is 12.0 Å². The van der Waals surface area contributed by atoms with E-state index in [4.69, 9.17) is 11.5 Å². The third-order valence-corrected chi connectivity index (χ3v) is 6.52. The molecule has 4 aromatic rings. The van der Waals surface area contributed by atoms with Gasteiger partial charge in [-0.2, -0.15) is 0 Å². The van der Waals surface area contributed by atoms with Crippen LogP contribution >= 0.6 is 0 Å². The molecule has 3 heterocycles. The molecule has 160 valence electrons. The highest BCUT2D eigenvalue weighted by Gasteiger charge is 2.42. The maximum Gasteiger partial charge on any atom is 0.145 e. The van der Waals surface area contributed by atoms with E-state index in [0.717, 1.165) is 41.1 Å². The zero-order chi connectivity index (χ0) is 21.5. The standard InChI is InChI=1S/C23H26N6O2/c24-18-8-7-14-5-1-3-13(19(14)28-18)4-2-6-15-11-17(21(31)20(15)30)29-10-9-16-22(25)26-12-27-23(16)29/h1,3,5,7-10,12,15,17,20-21,30-31H,2,4,6,11H2,(H2,24,28)(H2,25,26,27)/t15-,17+,20+,21-/m0/s1. The molecule has 1 aromatic carbocycles. The molecule has 0 unspecified atom stereocenters. The molecule has 0 bridgehead atoms. The molecule has 31 heavy (non-hydrogen) atoms. The molecule has 1 fully saturated rings. The quantitative estimate of drug-likeness (QED) is 0.391. The number of nitrogens with zero attached hydrogens (tertiary/aromatic N) is 4. The number of para-hydroxylation sites is 1. The van der Waals surface area contributed by atoms with Crippen molar-refractivity contribution in [1.29, 1.82) is 0 Å². The van der Waals surface area contributed by atoms with E-state index in [9.17, 15) is 10.2 Å². The summed E-state index contributed by atoms with van der Waals surface area (Å²) in [5, 5.41) is 23.3. The Morgan fingerprint density at radius 3 is 2.77 bits per heavy atom. The first-order valence-electron chi connectivity index (χ1n) is 10.6. The normalized spacial score (nSPS) is 23.7. The fourth-order valence-electron chi connectivity index (χ4n) is 4.90. The van der Waals surface area contributed by atoms with Crippen LogP contribution in [0, 0.1) is 5.92 Å². The number of hydrogen-bond donors (Lipinski definition) is 4. The predicted octanol–water partition coefficient (Wildman–Crippen LogP) is 2.45. The number of pyridine rings is 1. The number of rotatable bonds is 5. The number of hydrogen-bond acceptors (Lipinski definition) is 7. The second-order valence-electron chi connectivity index (χ2n) is 8.38. The van der Waals surface area contributed by atoms with Crippen molar-refractivity contribution in [3.05, 3.63) is 54.5 Å². The zero-order valence-electron chi connectivity index (χ0n) is 17.1. The van der Waals surface area contributed by atoms with Crippen molar-refractivity contribution in [2.45, 2.75) is 43.9 Å². The Labute approximate surface area is 179 Å². The molecule has 1 saturated carbocycles. The number of nitrogens with two attached hydrogens (primary N) is 2. The molecular formula is C23H26N6O2. The molecule has 0 aliphatic heterocycles. The minimum Gasteiger partial charge on any atom is -0.390 e. The van der Waals surface area contributed by atoms with Crippen molar-refractivity contribution < 1.29 is 10.2 Å². The van der Waals surface area contributed by atoms with Crippen LogP contribution in [0.25, 0.3) is 21.9 Å². The molecule has 8 nitrogen and oxygen atoms in total. The van der Waals surface area contributed by atoms with Crippen LogP contribution in [0.5, 0.6) is 0 Å². The van der Waals surface area contributed by atoms with Crippen LogP contribution in [0.15, 0.2) is 48.9 Å². The van der Waals surface area contributed by atoms with Gasteiger partial charge in [0.25, 0.3) is 0 Å². The summed E-state index contributed by atoms with van der Waals surface area (Å²) < 4.78 is 1.92. The highest BCUT2D eigenvalue weighted by molar-refractivity contribution is 5.86. The molecule has 1 aliphatic carbocycles. The van der Waals surface area contributed by atoms with Gasteiger partial charge in [0.2, 0.25) is 0 Å².